The summed E-state index contributed by atoms with van der Waals surface area (Å²) in [7, 11) is 0. The minimum absolute atomic E-state index is 0.0243. The molecule has 0 atom stereocenters. The monoisotopic (exact) mass is 408 g/mol. The highest BCUT2D eigenvalue weighted by atomic mass is 16.2. The average molecular weight is 409 g/mol. The number of aromatic nitrogens is 3. The van der Waals surface area contributed by atoms with Crippen molar-refractivity contribution in [3.8, 4) is 0 Å². The number of benzene rings is 1. The number of fused-ring (bicyclic) bond motifs is 1. The normalized spacial score (nSPS) is 25.8. The molecule has 2 aliphatic heterocycles. The van der Waals surface area contributed by atoms with E-state index < -0.39 is 0 Å². The van der Waals surface area contributed by atoms with Gasteiger partial charge in [0.1, 0.15) is 0 Å². The molecule has 2 fully saturated rings. The number of piperidine rings is 1. The van der Waals surface area contributed by atoms with Gasteiger partial charge in [-0.2, -0.15) is 0 Å². The Balaban J connectivity index is 1.16. The van der Waals surface area contributed by atoms with Crippen LogP contribution in [0.4, 0.5) is 0 Å². The first-order chi connectivity index (χ1) is 14.7. The second-order valence-corrected chi connectivity index (χ2v) is 9.16. The molecule has 1 saturated carbocycles. The molecular formula is C23H32N6O. The lowest BCUT2D eigenvalue weighted by atomic mass is 9.92. The molecule has 30 heavy (non-hydrogen) atoms. The highest BCUT2D eigenvalue weighted by Gasteiger charge is 2.30. The quantitative estimate of drug-likeness (QED) is 0.843. The minimum Gasteiger partial charge on any atom is -0.337 e. The van der Waals surface area contributed by atoms with Gasteiger partial charge in [0.15, 0.2) is 5.69 Å². The molecule has 0 spiro atoms. The first-order valence-electron chi connectivity index (χ1n) is 11.4. The Labute approximate surface area is 178 Å². The molecule has 0 radical (unpaired) electrons. The Morgan fingerprint density at radius 3 is 2.43 bits per heavy atom. The highest BCUT2D eigenvalue weighted by Crippen LogP contribution is 2.28. The molecule has 3 aliphatic rings. The number of likely N-dealkylation sites (tertiary alicyclic amines) is 1. The predicted molar refractivity (Wildman–Crippen MR) is 115 cm³/mol. The fraction of sp³-hybridized carbons (Fsp3) is 0.609. The lowest BCUT2D eigenvalue weighted by Crippen LogP contribution is -2.48. The van der Waals surface area contributed by atoms with Gasteiger partial charge in [0, 0.05) is 38.3 Å². The number of carbonyl (C=O) groups is 1. The van der Waals surface area contributed by atoms with Crippen molar-refractivity contribution < 1.29 is 4.79 Å². The van der Waals surface area contributed by atoms with Crippen molar-refractivity contribution in [1.29, 1.82) is 0 Å². The third-order valence-electron chi connectivity index (χ3n) is 7.27. The van der Waals surface area contributed by atoms with Crippen molar-refractivity contribution in [3.63, 3.8) is 0 Å². The fourth-order valence-electron chi connectivity index (χ4n) is 5.34. The molecule has 0 bridgehead atoms. The molecule has 1 aromatic heterocycles. The van der Waals surface area contributed by atoms with E-state index in [1.165, 1.54) is 11.1 Å². The molecule has 7 heteroatoms. The Morgan fingerprint density at radius 2 is 1.67 bits per heavy atom. The largest absolute Gasteiger partial charge is 0.337 e. The summed E-state index contributed by atoms with van der Waals surface area (Å²) in [5.41, 5.74) is 9.44. The van der Waals surface area contributed by atoms with E-state index in [9.17, 15) is 4.79 Å². The summed E-state index contributed by atoms with van der Waals surface area (Å²) in [4.78, 5) is 17.5. The zero-order valence-corrected chi connectivity index (χ0v) is 17.6. The van der Waals surface area contributed by atoms with Crippen LogP contribution in [-0.2, 0) is 13.0 Å². The van der Waals surface area contributed by atoms with E-state index in [4.69, 9.17) is 5.73 Å². The Bertz CT molecular complexity index is 879. The summed E-state index contributed by atoms with van der Waals surface area (Å²) in [6.07, 6.45) is 9.10. The van der Waals surface area contributed by atoms with Gasteiger partial charge in [0.2, 0.25) is 0 Å². The number of nitrogens with two attached hydrogens (primary N) is 1. The van der Waals surface area contributed by atoms with E-state index in [2.05, 4.69) is 39.5 Å². The van der Waals surface area contributed by atoms with Crippen LogP contribution in [0.5, 0.6) is 0 Å². The van der Waals surface area contributed by atoms with Crippen molar-refractivity contribution in [1.82, 2.24) is 24.8 Å². The van der Waals surface area contributed by atoms with Crippen LogP contribution in [0.15, 0.2) is 30.5 Å². The van der Waals surface area contributed by atoms with Crippen LogP contribution in [-0.4, -0.2) is 62.4 Å². The van der Waals surface area contributed by atoms with Crippen LogP contribution in [0.1, 0.15) is 66.2 Å². The first-order valence-corrected chi connectivity index (χ1v) is 11.4. The molecule has 7 nitrogen and oxygen atoms in total. The topological polar surface area (TPSA) is 80.3 Å². The van der Waals surface area contributed by atoms with E-state index >= 15 is 0 Å². The van der Waals surface area contributed by atoms with Crippen molar-refractivity contribution in [2.75, 3.05) is 19.6 Å². The summed E-state index contributed by atoms with van der Waals surface area (Å²) in [5, 5.41) is 8.46. The second kappa shape index (κ2) is 8.47. The van der Waals surface area contributed by atoms with Gasteiger partial charge in [0.25, 0.3) is 5.91 Å². The van der Waals surface area contributed by atoms with Gasteiger partial charge in [-0.3, -0.25) is 9.69 Å². The Hall–Kier alpha value is -2.25. The van der Waals surface area contributed by atoms with Crippen molar-refractivity contribution in [2.45, 2.75) is 69.6 Å². The molecule has 1 aliphatic carbocycles. The third kappa shape index (κ3) is 4.01. The summed E-state index contributed by atoms with van der Waals surface area (Å²) < 4.78 is 1.89. The minimum atomic E-state index is 0.0243. The average Bonchev–Trinajstić information content (AvgIpc) is 3.29. The van der Waals surface area contributed by atoms with E-state index in [1.807, 2.05) is 15.8 Å². The molecule has 1 aromatic carbocycles. The second-order valence-electron chi connectivity index (χ2n) is 9.16. The SMILES string of the molecule is NC1CCC(n2cc(C(=O)N3CCC(N4CCc5ccccc5C4)CC3)nn2)CC1. The Kier molecular flexibility index (Phi) is 5.56. The number of hydrogen-bond acceptors (Lipinski definition) is 5. The number of amides is 1. The molecule has 3 heterocycles. The zero-order valence-electron chi connectivity index (χ0n) is 17.6. The summed E-state index contributed by atoms with van der Waals surface area (Å²) in [6, 6.07) is 9.97. The standard InChI is InChI=1S/C23H32N6O/c24-19-5-7-21(8-6-19)29-16-22(25-26-29)23(30)27-13-10-20(11-14-27)28-12-9-17-3-1-2-4-18(17)15-28/h1-4,16,19-21H,5-15,24H2. The molecule has 160 valence electrons. The van der Waals surface area contributed by atoms with Crippen molar-refractivity contribution >= 4 is 5.91 Å². The number of carbonyl (C=O) groups excluding carboxylic acids is 1. The summed E-state index contributed by atoms with van der Waals surface area (Å²) in [5.74, 6) is 0.0243. The molecule has 0 unspecified atom stereocenters. The van der Waals surface area contributed by atoms with E-state index in [-0.39, 0.29) is 5.91 Å². The molecule has 1 saturated heterocycles. The van der Waals surface area contributed by atoms with Crippen LogP contribution in [0.2, 0.25) is 0 Å². The van der Waals surface area contributed by atoms with E-state index in [0.717, 1.165) is 71.1 Å². The van der Waals surface area contributed by atoms with Gasteiger partial charge in [-0.1, -0.05) is 29.5 Å². The van der Waals surface area contributed by atoms with Crippen LogP contribution in [0.25, 0.3) is 0 Å². The van der Waals surface area contributed by atoms with Gasteiger partial charge in [-0.05, 0) is 56.1 Å². The van der Waals surface area contributed by atoms with Crippen LogP contribution < -0.4 is 5.73 Å². The molecular weight excluding hydrogens is 376 g/mol. The highest BCUT2D eigenvalue weighted by molar-refractivity contribution is 5.92. The van der Waals surface area contributed by atoms with Gasteiger partial charge < -0.3 is 10.6 Å². The smallest absolute Gasteiger partial charge is 0.276 e. The van der Waals surface area contributed by atoms with Gasteiger partial charge in [-0.15, -0.1) is 5.10 Å². The number of nitrogens with zero attached hydrogens (tertiary/aromatic N) is 5. The third-order valence-corrected chi connectivity index (χ3v) is 7.27. The molecule has 2 N–H and O–H groups in total. The number of hydrogen-bond donors (Lipinski definition) is 1. The van der Waals surface area contributed by atoms with Crippen molar-refractivity contribution in [3.05, 3.63) is 47.3 Å². The maximum absolute atomic E-state index is 13.0. The zero-order chi connectivity index (χ0) is 20.5. The summed E-state index contributed by atoms with van der Waals surface area (Å²) >= 11 is 0. The van der Waals surface area contributed by atoms with Crippen LogP contribution in [0, 0.1) is 0 Å². The molecule has 2 aromatic rings. The predicted octanol–water partition coefficient (Wildman–Crippen LogP) is 2.38. The molecule has 1 amide bonds. The molecule has 5 rings (SSSR count). The van der Waals surface area contributed by atoms with E-state index in [0.29, 0.717) is 23.8 Å². The van der Waals surface area contributed by atoms with Gasteiger partial charge >= 0.3 is 0 Å². The maximum Gasteiger partial charge on any atom is 0.276 e. The summed E-state index contributed by atoms with van der Waals surface area (Å²) in [6.45, 7) is 3.75. The van der Waals surface area contributed by atoms with Crippen molar-refractivity contribution in [2.24, 2.45) is 5.73 Å². The van der Waals surface area contributed by atoms with Gasteiger partial charge in [-0.25, -0.2) is 4.68 Å². The maximum atomic E-state index is 13.0. The number of rotatable bonds is 3. The fourth-order valence-corrected chi connectivity index (χ4v) is 5.34. The first kappa shape index (κ1) is 19.7. The lowest BCUT2D eigenvalue weighted by molar-refractivity contribution is 0.0594. The Morgan fingerprint density at radius 1 is 0.933 bits per heavy atom. The lowest BCUT2D eigenvalue weighted by Gasteiger charge is -2.40. The van der Waals surface area contributed by atoms with Crippen LogP contribution >= 0.6 is 0 Å². The van der Waals surface area contributed by atoms with Gasteiger partial charge in [0.05, 0.1) is 12.2 Å². The van der Waals surface area contributed by atoms with Crippen LogP contribution in [0.3, 0.4) is 0 Å². The van der Waals surface area contributed by atoms with E-state index in [1.54, 1.807) is 0 Å².